The fraction of sp³-hybridized carbons (Fsp3) is 0.609. The smallest absolute Gasteiger partial charge is 0.224 e. The molecule has 9 nitrogen and oxygen atoms in total. The van der Waals surface area contributed by atoms with Gasteiger partial charge in [-0.05, 0) is 52.0 Å². The predicted molar refractivity (Wildman–Crippen MR) is 124 cm³/mol. The van der Waals surface area contributed by atoms with Crippen molar-refractivity contribution in [3.05, 3.63) is 23.2 Å². The highest BCUT2D eigenvalue weighted by atomic mass is 16.3. The molecule has 4 atom stereocenters. The maximum Gasteiger partial charge on any atom is 0.224 e. The summed E-state index contributed by atoms with van der Waals surface area (Å²) >= 11 is 0. The van der Waals surface area contributed by atoms with Gasteiger partial charge >= 0.3 is 0 Å². The van der Waals surface area contributed by atoms with Crippen molar-refractivity contribution in [1.82, 2.24) is 19.5 Å². The van der Waals surface area contributed by atoms with Crippen LogP contribution in [0, 0.1) is 25.7 Å². The van der Waals surface area contributed by atoms with Gasteiger partial charge in [0.25, 0.3) is 0 Å². The highest BCUT2D eigenvalue weighted by Crippen LogP contribution is 2.35. The van der Waals surface area contributed by atoms with Crippen molar-refractivity contribution < 1.29 is 15.3 Å². The Kier molecular flexibility index (Phi) is 6.50. The Morgan fingerprint density at radius 3 is 2.50 bits per heavy atom. The fourth-order valence-electron chi connectivity index (χ4n) is 4.35. The van der Waals surface area contributed by atoms with E-state index >= 15 is 0 Å². The van der Waals surface area contributed by atoms with Gasteiger partial charge in [0, 0.05) is 31.8 Å². The molecular weight excluding hydrogens is 408 g/mol. The van der Waals surface area contributed by atoms with Crippen LogP contribution >= 0.6 is 0 Å². The van der Waals surface area contributed by atoms with Crippen LogP contribution in [0.15, 0.2) is 6.08 Å². The van der Waals surface area contributed by atoms with E-state index in [2.05, 4.69) is 10.6 Å². The van der Waals surface area contributed by atoms with Gasteiger partial charge in [-0.25, -0.2) is 9.97 Å². The van der Waals surface area contributed by atoms with Crippen LogP contribution in [-0.2, 0) is 7.05 Å². The number of nitrogens with zero attached hydrogens (tertiary/aromatic N) is 4. The van der Waals surface area contributed by atoms with Crippen LogP contribution in [0.5, 0.6) is 0 Å². The first-order valence-electron chi connectivity index (χ1n) is 11.4. The van der Waals surface area contributed by atoms with Crippen LogP contribution < -0.4 is 10.6 Å². The summed E-state index contributed by atoms with van der Waals surface area (Å²) in [5, 5.41) is 37.1. The lowest BCUT2D eigenvalue weighted by Gasteiger charge is -2.22. The molecular formula is C23H34N6O3. The van der Waals surface area contributed by atoms with E-state index in [1.807, 2.05) is 44.5 Å². The second kappa shape index (κ2) is 9.17. The van der Waals surface area contributed by atoms with Gasteiger partial charge in [-0.3, -0.25) is 0 Å². The zero-order valence-corrected chi connectivity index (χ0v) is 19.2. The van der Waals surface area contributed by atoms with Crippen molar-refractivity contribution in [1.29, 1.82) is 0 Å². The van der Waals surface area contributed by atoms with E-state index in [4.69, 9.17) is 15.0 Å². The lowest BCUT2D eigenvalue weighted by molar-refractivity contribution is 0.00446. The summed E-state index contributed by atoms with van der Waals surface area (Å²) in [4.78, 5) is 14.3. The first-order valence-corrected chi connectivity index (χ1v) is 11.4. The summed E-state index contributed by atoms with van der Waals surface area (Å²) in [6.07, 6.45) is 4.84. The summed E-state index contributed by atoms with van der Waals surface area (Å²) < 4.78 is 2.01. The van der Waals surface area contributed by atoms with Gasteiger partial charge in [-0.2, -0.15) is 4.98 Å². The molecule has 0 unspecified atom stereocenters. The van der Waals surface area contributed by atoms with Crippen molar-refractivity contribution in [3.8, 4) is 11.4 Å². The summed E-state index contributed by atoms with van der Waals surface area (Å²) in [6, 6.07) is -0.442. The highest BCUT2D eigenvalue weighted by molar-refractivity contribution is 5.75. The van der Waals surface area contributed by atoms with E-state index in [-0.39, 0.29) is 12.5 Å². The Hall–Kier alpha value is -2.49. The van der Waals surface area contributed by atoms with E-state index in [1.54, 1.807) is 0 Å². The normalized spacial score (nSPS) is 25.6. The molecule has 0 aromatic carbocycles. The van der Waals surface area contributed by atoms with Gasteiger partial charge in [-0.15, -0.1) is 0 Å². The molecule has 2 aromatic rings. The Morgan fingerprint density at radius 2 is 1.88 bits per heavy atom. The summed E-state index contributed by atoms with van der Waals surface area (Å²) in [5.41, 5.74) is 3.43. The van der Waals surface area contributed by atoms with Crippen LogP contribution in [0.4, 0.5) is 11.8 Å². The van der Waals surface area contributed by atoms with E-state index < -0.39 is 18.2 Å². The van der Waals surface area contributed by atoms with Gasteiger partial charge < -0.3 is 30.5 Å². The lowest BCUT2D eigenvalue weighted by atomic mass is 10.1. The van der Waals surface area contributed by atoms with E-state index in [0.717, 1.165) is 35.0 Å². The van der Waals surface area contributed by atoms with Gasteiger partial charge in [0.2, 0.25) is 5.95 Å². The number of hydrogen-bond donors (Lipinski definition) is 5. The number of hydrogen-bond acceptors (Lipinski definition) is 8. The fourth-order valence-corrected chi connectivity index (χ4v) is 4.35. The number of aliphatic hydroxyl groups is 3. The third kappa shape index (κ3) is 4.37. The molecule has 0 aliphatic heterocycles. The Balaban J connectivity index is 1.74. The summed E-state index contributed by atoms with van der Waals surface area (Å²) in [7, 11) is 1.96. The first kappa shape index (κ1) is 22.7. The minimum atomic E-state index is -1.00. The molecule has 4 rings (SSSR count). The highest BCUT2D eigenvalue weighted by Gasteiger charge is 2.41. The molecule has 5 N–H and O–H groups in total. The maximum atomic E-state index is 10.6. The molecule has 2 fully saturated rings. The molecule has 0 amide bonds. The second-order valence-electron chi connectivity index (χ2n) is 9.06. The molecule has 0 radical (unpaired) electrons. The van der Waals surface area contributed by atoms with Gasteiger partial charge in [0.15, 0.2) is 0 Å². The molecule has 2 heterocycles. The standard InChI is InChI=1S/C23H34N6O3/c1-5-6-16-13(3)29(4)22(27-16)18-12(2)25-23(24-10-14-7-8-14)28-21(18)26-17-9-15(11-30)19(31)20(17)32/h5-6,14-15,17,19-20,30-32H,7-11H2,1-4H3,(H2,24,25,26,28)/b6-5-/t15-,17-,19-,20+/m1/s1. The molecule has 174 valence electrons. The molecule has 32 heavy (non-hydrogen) atoms. The maximum absolute atomic E-state index is 10.6. The zero-order chi connectivity index (χ0) is 23.0. The molecule has 2 saturated carbocycles. The molecule has 2 aliphatic rings. The van der Waals surface area contributed by atoms with Crippen LogP contribution in [0.2, 0.25) is 0 Å². The molecule has 2 aromatic heterocycles. The number of aromatic nitrogens is 4. The van der Waals surface area contributed by atoms with Gasteiger partial charge in [0.1, 0.15) is 17.7 Å². The summed E-state index contributed by atoms with van der Waals surface area (Å²) in [6.45, 7) is 6.57. The van der Waals surface area contributed by atoms with E-state index in [9.17, 15) is 15.3 Å². The Bertz CT molecular complexity index is 1000. The van der Waals surface area contributed by atoms with E-state index in [1.165, 1.54) is 12.8 Å². The minimum Gasteiger partial charge on any atom is -0.396 e. The monoisotopic (exact) mass is 442 g/mol. The Labute approximate surface area is 188 Å². The van der Waals surface area contributed by atoms with E-state index in [0.29, 0.717) is 24.1 Å². The molecule has 9 heteroatoms. The van der Waals surface area contributed by atoms with Crippen molar-refractivity contribution in [2.75, 3.05) is 23.8 Å². The Morgan fingerprint density at radius 1 is 1.12 bits per heavy atom. The molecule has 0 saturated heterocycles. The van der Waals surface area contributed by atoms with Crippen LogP contribution in [0.25, 0.3) is 17.5 Å². The zero-order valence-electron chi connectivity index (χ0n) is 19.2. The largest absolute Gasteiger partial charge is 0.396 e. The molecule has 0 spiro atoms. The number of anilines is 2. The van der Waals surface area contributed by atoms with Crippen LogP contribution in [0.1, 0.15) is 43.3 Å². The molecule has 0 bridgehead atoms. The average Bonchev–Trinajstić information content (AvgIpc) is 3.51. The van der Waals surface area contributed by atoms with Crippen molar-refractivity contribution in [2.24, 2.45) is 18.9 Å². The number of aliphatic hydroxyl groups excluding tert-OH is 3. The number of imidazole rings is 1. The predicted octanol–water partition coefficient (Wildman–Crippen LogP) is 1.86. The minimum absolute atomic E-state index is 0.175. The van der Waals surface area contributed by atoms with Crippen LogP contribution in [0.3, 0.4) is 0 Å². The van der Waals surface area contributed by atoms with Gasteiger partial charge in [0.05, 0.1) is 29.1 Å². The SMILES string of the molecule is C/C=C\c1nc(-c2c(C)nc(NCC3CC3)nc2N[C@@H]2C[C@H](CO)[C@@H](O)[C@H]2O)n(C)c1C. The number of rotatable bonds is 8. The van der Waals surface area contributed by atoms with Crippen molar-refractivity contribution >= 4 is 17.8 Å². The lowest BCUT2D eigenvalue weighted by Crippen LogP contribution is -2.36. The first-order chi connectivity index (χ1) is 15.3. The average molecular weight is 443 g/mol. The molecule has 2 aliphatic carbocycles. The van der Waals surface area contributed by atoms with Crippen molar-refractivity contribution in [3.63, 3.8) is 0 Å². The van der Waals surface area contributed by atoms with Gasteiger partial charge in [-0.1, -0.05) is 6.08 Å². The number of nitrogens with one attached hydrogen (secondary N) is 2. The quantitative estimate of drug-likeness (QED) is 0.419. The summed E-state index contributed by atoms with van der Waals surface area (Å²) in [5.74, 6) is 2.12. The topological polar surface area (TPSA) is 128 Å². The second-order valence-corrected chi connectivity index (χ2v) is 9.06. The third-order valence-corrected chi connectivity index (χ3v) is 6.66. The van der Waals surface area contributed by atoms with Crippen LogP contribution in [-0.4, -0.2) is 66.2 Å². The number of aryl methyl sites for hydroxylation is 1. The van der Waals surface area contributed by atoms with Crippen molar-refractivity contribution in [2.45, 2.75) is 58.3 Å². The number of allylic oxidation sites excluding steroid dienone is 1. The third-order valence-electron chi connectivity index (χ3n) is 6.66.